The Labute approximate surface area is 296 Å². The van der Waals surface area contributed by atoms with E-state index in [-0.39, 0.29) is 0 Å². The molecule has 5 aliphatic rings. The summed E-state index contributed by atoms with van der Waals surface area (Å²) in [4.78, 5) is 2.52. The molecule has 0 radical (unpaired) electrons. The summed E-state index contributed by atoms with van der Waals surface area (Å²) >= 11 is 0. The van der Waals surface area contributed by atoms with Gasteiger partial charge in [-0.3, -0.25) is 0 Å². The van der Waals surface area contributed by atoms with Crippen LogP contribution in [0, 0.1) is 5.92 Å². The molecular weight excluding hydrogens is 605 g/mol. The Hall–Kier alpha value is -5.34. The van der Waals surface area contributed by atoms with Crippen molar-refractivity contribution in [2.75, 3.05) is 4.90 Å². The van der Waals surface area contributed by atoms with Gasteiger partial charge in [0, 0.05) is 51.2 Å². The average Bonchev–Trinajstić information content (AvgIpc) is 3.53. The molecule has 3 aromatic carbocycles. The number of benzene rings is 3. The molecule has 0 bridgehead atoms. The van der Waals surface area contributed by atoms with E-state index in [0.717, 1.165) is 51.4 Å². The van der Waals surface area contributed by atoms with Gasteiger partial charge in [0.25, 0.3) is 0 Å². The zero-order valence-corrected chi connectivity index (χ0v) is 28.7. The summed E-state index contributed by atoms with van der Waals surface area (Å²) in [6.45, 7) is 0. The Balaban J connectivity index is 1.09. The summed E-state index contributed by atoms with van der Waals surface area (Å²) in [5, 5.41) is 1.36. The molecule has 0 aliphatic heterocycles. The predicted octanol–water partition coefficient (Wildman–Crippen LogP) is 12.5. The van der Waals surface area contributed by atoms with Gasteiger partial charge in [-0.05, 0) is 117 Å². The second kappa shape index (κ2) is 13.5. The maximum atomic E-state index is 2.52. The highest BCUT2D eigenvalue weighted by atomic mass is 15.2. The van der Waals surface area contributed by atoms with Crippen LogP contribution in [0.3, 0.4) is 0 Å². The first-order chi connectivity index (χ1) is 24.8. The van der Waals surface area contributed by atoms with Gasteiger partial charge in [-0.1, -0.05) is 115 Å². The fraction of sp³-hybridized carbons (Fsp3) is 0.208. The molecule has 9 rings (SSSR count). The molecule has 0 N–H and O–H groups in total. The molecule has 0 fully saturated rings. The number of para-hydroxylation sites is 1. The van der Waals surface area contributed by atoms with Crippen LogP contribution in [0.4, 0.5) is 5.69 Å². The molecule has 0 saturated carbocycles. The quantitative estimate of drug-likeness (QED) is 0.194. The van der Waals surface area contributed by atoms with Crippen LogP contribution in [0.15, 0.2) is 169 Å². The van der Waals surface area contributed by atoms with Gasteiger partial charge < -0.3 is 9.47 Å². The van der Waals surface area contributed by atoms with Crippen molar-refractivity contribution in [3.8, 4) is 5.69 Å². The van der Waals surface area contributed by atoms with Gasteiger partial charge in [0.2, 0.25) is 0 Å². The van der Waals surface area contributed by atoms with Crippen LogP contribution in [0.25, 0.3) is 28.2 Å². The number of fused-ring (bicyclic) bond motifs is 3. The highest BCUT2D eigenvalue weighted by Gasteiger charge is 2.25. The smallest absolute Gasteiger partial charge is 0.0537 e. The van der Waals surface area contributed by atoms with E-state index in [1.165, 1.54) is 61.6 Å². The van der Waals surface area contributed by atoms with E-state index in [1.54, 1.807) is 5.57 Å². The van der Waals surface area contributed by atoms with Gasteiger partial charge >= 0.3 is 0 Å². The SMILES string of the molecule is C1=CCC(C2=CC=C(N(C3=CC(c4ccc5c(c4)c4c(n5-c5ccccc5)CCC=C4)CC=C3)c3ccc(C4=CCCC=C4)cc3)CC2)C=C1. The number of aromatic nitrogens is 1. The van der Waals surface area contributed by atoms with Gasteiger partial charge in [0.05, 0.1) is 5.52 Å². The van der Waals surface area contributed by atoms with Crippen LogP contribution in [-0.4, -0.2) is 4.57 Å². The molecule has 2 atom stereocenters. The number of rotatable bonds is 7. The van der Waals surface area contributed by atoms with Crippen molar-refractivity contribution in [3.63, 3.8) is 0 Å². The normalized spacial score (nSPS) is 21.0. The molecule has 2 heteroatoms. The van der Waals surface area contributed by atoms with Crippen LogP contribution < -0.4 is 4.90 Å². The first kappa shape index (κ1) is 30.7. The van der Waals surface area contributed by atoms with Crippen molar-refractivity contribution in [1.29, 1.82) is 0 Å². The van der Waals surface area contributed by atoms with Crippen LogP contribution in [0.1, 0.15) is 73.2 Å². The molecule has 4 aromatic rings. The summed E-state index contributed by atoms with van der Waals surface area (Å²) in [7, 11) is 0. The van der Waals surface area contributed by atoms with Crippen molar-refractivity contribution in [3.05, 3.63) is 191 Å². The molecule has 2 nitrogen and oxygen atoms in total. The van der Waals surface area contributed by atoms with Gasteiger partial charge in [0.1, 0.15) is 0 Å². The van der Waals surface area contributed by atoms with Crippen molar-refractivity contribution >= 4 is 28.2 Å². The van der Waals surface area contributed by atoms with E-state index >= 15 is 0 Å². The molecule has 0 saturated heterocycles. The third-order valence-electron chi connectivity index (χ3n) is 11.1. The Morgan fingerprint density at radius 2 is 1.56 bits per heavy atom. The molecule has 2 unspecified atom stereocenters. The summed E-state index contributed by atoms with van der Waals surface area (Å²) in [6.07, 6.45) is 41.4. The minimum absolute atomic E-state index is 0.302. The lowest BCUT2D eigenvalue weighted by atomic mass is 9.86. The first-order valence-corrected chi connectivity index (χ1v) is 18.6. The minimum atomic E-state index is 0.302. The maximum absolute atomic E-state index is 2.52. The highest BCUT2D eigenvalue weighted by molar-refractivity contribution is 5.94. The largest absolute Gasteiger partial charge is 0.315 e. The summed E-state index contributed by atoms with van der Waals surface area (Å²) in [5.41, 5.74) is 14.8. The molecule has 50 heavy (non-hydrogen) atoms. The van der Waals surface area contributed by atoms with E-state index in [4.69, 9.17) is 0 Å². The Morgan fingerprint density at radius 3 is 2.36 bits per heavy atom. The van der Waals surface area contributed by atoms with Crippen molar-refractivity contribution in [2.24, 2.45) is 5.92 Å². The fourth-order valence-electron chi connectivity index (χ4n) is 8.49. The molecule has 5 aliphatic carbocycles. The number of nitrogens with zero attached hydrogens (tertiary/aromatic N) is 2. The van der Waals surface area contributed by atoms with Crippen molar-refractivity contribution < 1.29 is 0 Å². The minimum Gasteiger partial charge on any atom is -0.315 e. The Bertz CT molecular complexity index is 2200. The zero-order chi connectivity index (χ0) is 33.3. The number of anilines is 1. The molecule has 1 aromatic heterocycles. The summed E-state index contributed by atoms with van der Waals surface area (Å²) in [6, 6.07) is 27.3. The molecule has 246 valence electrons. The number of hydrogen-bond donors (Lipinski definition) is 0. The van der Waals surface area contributed by atoms with Crippen LogP contribution >= 0.6 is 0 Å². The highest BCUT2D eigenvalue weighted by Crippen LogP contribution is 2.40. The van der Waals surface area contributed by atoms with E-state index < -0.39 is 0 Å². The van der Waals surface area contributed by atoms with Crippen LogP contribution in [-0.2, 0) is 6.42 Å². The number of hydrogen-bond acceptors (Lipinski definition) is 1. The van der Waals surface area contributed by atoms with Gasteiger partial charge in [-0.2, -0.15) is 0 Å². The second-order valence-electron chi connectivity index (χ2n) is 14.2. The van der Waals surface area contributed by atoms with E-state index in [2.05, 4.69) is 167 Å². The molecule has 0 spiro atoms. The lowest BCUT2D eigenvalue weighted by Gasteiger charge is -2.33. The fourth-order valence-corrected chi connectivity index (χ4v) is 8.49. The van der Waals surface area contributed by atoms with Crippen molar-refractivity contribution in [1.82, 2.24) is 4.57 Å². The third kappa shape index (κ3) is 5.83. The third-order valence-corrected chi connectivity index (χ3v) is 11.1. The topological polar surface area (TPSA) is 8.17 Å². The van der Waals surface area contributed by atoms with Gasteiger partial charge in [-0.25, -0.2) is 0 Å². The lowest BCUT2D eigenvalue weighted by molar-refractivity contribution is 0.696. The van der Waals surface area contributed by atoms with Crippen LogP contribution in [0.5, 0.6) is 0 Å². The van der Waals surface area contributed by atoms with Gasteiger partial charge in [-0.15, -0.1) is 0 Å². The van der Waals surface area contributed by atoms with E-state index in [1.807, 2.05) is 0 Å². The first-order valence-electron chi connectivity index (χ1n) is 18.6. The summed E-state index contributed by atoms with van der Waals surface area (Å²) < 4.78 is 2.49. The molecular formula is C48H44N2. The maximum Gasteiger partial charge on any atom is 0.0537 e. The second-order valence-corrected chi connectivity index (χ2v) is 14.2. The van der Waals surface area contributed by atoms with Crippen LogP contribution in [0.2, 0.25) is 0 Å². The Kier molecular flexibility index (Phi) is 8.30. The van der Waals surface area contributed by atoms with Gasteiger partial charge in [0.15, 0.2) is 0 Å². The lowest BCUT2D eigenvalue weighted by Crippen LogP contribution is -2.24. The monoisotopic (exact) mass is 648 g/mol. The standard InChI is InChI=1S/C48H44N2/c1-4-13-35(14-5-1)37-23-28-42(29-24-37)49(43-30-25-38(26-31-43)36-15-6-2-7-16-36)44-20-12-17-39(33-44)40-27-32-48-46(34-40)45-21-10-11-22-47(45)50(48)41-18-8-3-9-19-41/h1,3-6,8-10,12-13,15-16,18-21,23,25-28,30-35,39H,2,7,11,14,17,22,24,29H2. The number of allylic oxidation sites excluding steroid dienone is 16. The Morgan fingerprint density at radius 1 is 0.680 bits per heavy atom. The molecule has 0 amide bonds. The predicted molar refractivity (Wildman–Crippen MR) is 212 cm³/mol. The molecule has 1 heterocycles. The average molecular weight is 649 g/mol. The van der Waals surface area contributed by atoms with E-state index in [0.29, 0.717) is 11.8 Å². The summed E-state index contributed by atoms with van der Waals surface area (Å²) in [5.74, 6) is 0.823. The van der Waals surface area contributed by atoms with E-state index in [9.17, 15) is 0 Å². The zero-order valence-electron chi connectivity index (χ0n) is 28.7. The van der Waals surface area contributed by atoms with Crippen molar-refractivity contribution in [2.45, 2.75) is 57.3 Å².